The van der Waals surface area contributed by atoms with Crippen LogP contribution in [0.2, 0.25) is 0 Å². The molecule has 0 aliphatic heterocycles. The molecular formula is C21H28N2O6S2. The van der Waals surface area contributed by atoms with Crippen LogP contribution in [0, 0.1) is 0 Å². The van der Waals surface area contributed by atoms with E-state index in [0.717, 1.165) is 4.90 Å². The maximum Gasteiger partial charge on any atom is 0.240 e. The van der Waals surface area contributed by atoms with Gasteiger partial charge in [0.25, 0.3) is 0 Å². The van der Waals surface area contributed by atoms with Crippen LogP contribution in [0.3, 0.4) is 0 Å². The van der Waals surface area contributed by atoms with Crippen LogP contribution in [0.25, 0.3) is 0 Å². The molecule has 0 unspecified atom stereocenters. The third-order valence-electron chi connectivity index (χ3n) is 4.17. The number of amides is 1. The maximum atomic E-state index is 12.8. The highest BCUT2D eigenvalue weighted by Crippen LogP contribution is 2.34. The Labute approximate surface area is 187 Å². The molecule has 2 rings (SSSR count). The van der Waals surface area contributed by atoms with Gasteiger partial charge in [0.1, 0.15) is 5.75 Å². The molecule has 1 amide bonds. The van der Waals surface area contributed by atoms with E-state index >= 15 is 0 Å². The Kier molecular flexibility index (Phi) is 8.60. The molecule has 0 saturated carbocycles. The summed E-state index contributed by atoms with van der Waals surface area (Å²) in [5.41, 5.74) is 0.277. The molecule has 0 aliphatic carbocycles. The van der Waals surface area contributed by atoms with E-state index in [0.29, 0.717) is 17.2 Å². The van der Waals surface area contributed by atoms with Gasteiger partial charge in [0.15, 0.2) is 11.5 Å². The summed E-state index contributed by atoms with van der Waals surface area (Å²) in [6, 6.07) is 9.46. The van der Waals surface area contributed by atoms with Crippen LogP contribution in [0.1, 0.15) is 20.8 Å². The number of thioether (sulfide) groups is 1. The summed E-state index contributed by atoms with van der Waals surface area (Å²) in [5, 5.41) is 2.29. The summed E-state index contributed by atoms with van der Waals surface area (Å²) in [6.45, 7) is 5.22. The lowest BCUT2D eigenvalue weighted by molar-refractivity contribution is -0.115. The van der Waals surface area contributed by atoms with E-state index in [-0.39, 0.29) is 22.5 Å². The molecule has 2 aromatic rings. The van der Waals surface area contributed by atoms with Gasteiger partial charge in [0.2, 0.25) is 15.9 Å². The van der Waals surface area contributed by atoms with Crippen LogP contribution in [-0.2, 0) is 14.8 Å². The zero-order valence-electron chi connectivity index (χ0n) is 18.4. The summed E-state index contributed by atoms with van der Waals surface area (Å²) < 4.78 is 43.3. The number of nitrogens with one attached hydrogen (secondary N) is 2. The lowest BCUT2D eigenvalue weighted by Crippen LogP contribution is -2.30. The third-order valence-corrected chi connectivity index (χ3v) is 6.92. The molecule has 0 spiro atoms. The molecule has 8 nitrogen and oxygen atoms in total. The summed E-state index contributed by atoms with van der Waals surface area (Å²) >= 11 is 1.33. The average Bonchev–Trinajstić information content (AvgIpc) is 2.72. The number of hydrogen-bond acceptors (Lipinski definition) is 7. The Bertz CT molecular complexity index is 1020. The van der Waals surface area contributed by atoms with Crippen LogP contribution in [0.15, 0.2) is 46.2 Å². The van der Waals surface area contributed by atoms with Crippen LogP contribution >= 0.6 is 11.8 Å². The minimum atomic E-state index is -3.71. The number of sulfonamides is 1. The van der Waals surface area contributed by atoms with Gasteiger partial charge in [-0.25, -0.2) is 13.1 Å². The number of benzene rings is 2. The van der Waals surface area contributed by atoms with E-state index in [4.69, 9.17) is 14.2 Å². The summed E-state index contributed by atoms with van der Waals surface area (Å²) in [6.07, 6.45) is 0. The van der Waals surface area contributed by atoms with Crippen molar-refractivity contribution in [2.24, 2.45) is 0 Å². The standard InChI is InChI=1S/C21H28N2O6S2/c1-13(2)23-31(25,26)16-8-10-18(27-4)17(12-16)22-21(24)14(3)30-15-7-9-19(28-5)20(11-15)29-6/h7-14,23H,1-6H3,(H,22,24)/t14-/m0/s1. The first-order valence-corrected chi connectivity index (χ1v) is 11.9. The molecular weight excluding hydrogens is 440 g/mol. The third kappa shape index (κ3) is 6.52. The van der Waals surface area contributed by atoms with Gasteiger partial charge >= 0.3 is 0 Å². The smallest absolute Gasteiger partial charge is 0.240 e. The second kappa shape index (κ2) is 10.7. The van der Waals surface area contributed by atoms with Gasteiger partial charge in [0.05, 0.1) is 37.2 Å². The van der Waals surface area contributed by atoms with Crippen LogP contribution in [0.4, 0.5) is 5.69 Å². The van der Waals surface area contributed by atoms with Gasteiger partial charge < -0.3 is 19.5 Å². The van der Waals surface area contributed by atoms with E-state index in [9.17, 15) is 13.2 Å². The number of carbonyl (C=O) groups excluding carboxylic acids is 1. The highest BCUT2D eigenvalue weighted by molar-refractivity contribution is 8.00. The van der Waals surface area contributed by atoms with Crippen molar-refractivity contribution in [2.45, 2.75) is 41.9 Å². The van der Waals surface area contributed by atoms with E-state index in [1.54, 1.807) is 47.1 Å². The van der Waals surface area contributed by atoms with E-state index in [1.165, 1.54) is 37.1 Å². The first-order valence-electron chi connectivity index (χ1n) is 9.51. The molecule has 0 fully saturated rings. The second-order valence-electron chi connectivity index (χ2n) is 6.90. The molecule has 0 aromatic heterocycles. The number of methoxy groups -OCH3 is 3. The molecule has 0 bridgehead atoms. The molecule has 2 aromatic carbocycles. The fraction of sp³-hybridized carbons (Fsp3) is 0.381. The molecule has 2 N–H and O–H groups in total. The van der Waals surface area contributed by atoms with Gasteiger partial charge in [-0.2, -0.15) is 0 Å². The number of anilines is 1. The van der Waals surface area contributed by atoms with Crippen LogP contribution in [-0.4, -0.2) is 46.9 Å². The molecule has 1 atom stereocenters. The molecule has 0 aliphatic rings. The SMILES string of the molecule is COc1ccc(S(=O)(=O)NC(C)C)cc1NC(=O)[C@H](C)Sc1ccc(OC)c(OC)c1. The lowest BCUT2D eigenvalue weighted by Gasteiger charge is -2.16. The van der Waals surface area contributed by atoms with Crippen molar-refractivity contribution in [3.63, 3.8) is 0 Å². The predicted octanol–water partition coefficient (Wildman–Crippen LogP) is 3.52. The largest absolute Gasteiger partial charge is 0.495 e. The highest BCUT2D eigenvalue weighted by Gasteiger charge is 2.21. The molecule has 0 heterocycles. The minimum Gasteiger partial charge on any atom is -0.495 e. The topological polar surface area (TPSA) is 103 Å². The first-order chi connectivity index (χ1) is 14.6. The van der Waals surface area contributed by atoms with Crippen LogP contribution in [0.5, 0.6) is 17.2 Å². The Morgan fingerprint density at radius 2 is 1.52 bits per heavy atom. The predicted molar refractivity (Wildman–Crippen MR) is 122 cm³/mol. The summed E-state index contributed by atoms with van der Waals surface area (Å²) in [5.74, 6) is 1.23. The van der Waals surface area contributed by atoms with E-state index < -0.39 is 15.3 Å². The van der Waals surface area contributed by atoms with Gasteiger partial charge in [0, 0.05) is 10.9 Å². The van der Waals surface area contributed by atoms with Gasteiger partial charge in [-0.3, -0.25) is 4.79 Å². The Hall–Kier alpha value is -2.43. The van der Waals surface area contributed by atoms with Crippen LogP contribution < -0.4 is 24.2 Å². The van der Waals surface area contributed by atoms with Gasteiger partial charge in [-0.05, 0) is 57.2 Å². The van der Waals surface area contributed by atoms with Gasteiger partial charge in [-0.1, -0.05) is 0 Å². The second-order valence-corrected chi connectivity index (χ2v) is 10.0. The monoisotopic (exact) mass is 468 g/mol. The first kappa shape index (κ1) is 24.8. The molecule has 0 radical (unpaired) electrons. The highest BCUT2D eigenvalue weighted by atomic mass is 32.2. The molecule has 0 saturated heterocycles. The van der Waals surface area contributed by atoms with E-state index in [1.807, 2.05) is 6.07 Å². The zero-order valence-corrected chi connectivity index (χ0v) is 20.0. The average molecular weight is 469 g/mol. The van der Waals surface area contributed by atoms with Crippen molar-refractivity contribution < 1.29 is 27.4 Å². The fourth-order valence-corrected chi connectivity index (χ4v) is 4.88. The molecule has 170 valence electrons. The van der Waals surface area contributed by atoms with Crippen molar-refractivity contribution in [3.8, 4) is 17.2 Å². The Balaban J connectivity index is 2.21. The fourth-order valence-electron chi connectivity index (χ4n) is 2.71. The number of hydrogen-bond donors (Lipinski definition) is 2. The Morgan fingerprint density at radius 1 is 0.903 bits per heavy atom. The van der Waals surface area contributed by atoms with Crippen molar-refractivity contribution >= 4 is 33.4 Å². The zero-order chi connectivity index (χ0) is 23.2. The number of rotatable bonds is 10. The van der Waals surface area contributed by atoms with E-state index in [2.05, 4.69) is 10.0 Å². The molecule has 10 heteroatoms. The number of carbonyl (C=O) groups is 1. The summed E-state index contributed by atoms with van der Waals surface area (Å²) in [4.78, 5) is 13.7. The van der Waals surface area contributed by atoms with Crippen molar-refractivity contribution in [3.05, 3.63) is 36.4 Å². The van der Waals surface area contributed by atoms with Gasteiger partial charge in [-0.15, -0.1) is 11.8 Å². The maximum absolute atomic E-state index is 12.8. The van der Waals surface area contributed by atoms with Crippen molar-refractivity contribution in [2.75, 3.05) is 26.6 Å². The normalized spacial score (nSPS) is 12.4. The number of ether oxygens (including phenoxy) is 3. The lowest BCUT2D eigenvalue weighted by atomic mass is 10.3. The summed E-state index contributed by atoms with van der Waals surface area (Å²) in [7, 11) is 0.838. The minimum absolute atomic E-state index is 0.0393. The van der Waals surface area contributed by atoms with Crippen molar-refractivity contribution in [1.82, 2.24) is 4.72 Å². The molecule has 31 heavy (non-hydrogen) atoms. The van der Waals surface area contributed by atoms with Crippen molar-refractivity contribution in [1.29, 1.82) is 0 Å². The quantitative estimate of drug-likeness (QED) is 0.514. The Morgan fingerprint density at radius 3 is 2.10 bits per heavy atom.